The molecule has 1 fully saturated rings. The Balaban J connectivity index is 1.64. The van der Waals surface area contributed by atoms with Gasteiger partial charge in [-0.15, -0.1) is 0 Å². The third-order valence-electron chi connectivity index (χ3n) is 6.73. The summed E-state index contributed by atoms with van der Waals surface area (Å²) in [6.07, 6.45) is 1.35. The molecule has 2 heterocycles. The Morgan fingerprint density at radius 3 is 2.37 bits per heavy atom. The molecule has 2 N–H and O–H groups in total. The van der Waals surface area contributed by atoms with Gasteiger partial charge in [0.1, 0.15) is 5.82 Å². The van der Waals surface area contributed by atoms with Gasteiger partial charge in [-0.1, -0.05) is 30.3 Å². The van der Waals surface area contributed by atoms with Crippen molar-refractivity contribution in [3.8, 4) is 11.5 Å². The fraction of sp³-hybridized carbons (Fsp3) is 0.423. The van der Waals surface area contributed by atoms with Crippen LogP contribution in [0.3, 0.4) is 0 Å². The normalized spacial score (nSPS) is 15.0. The molecule has 186 valence electrons. The largest absolute Gasteiger partial charge is 0.493 e. The number of aromatic nitrogens is 2. The second-order valence-electron chi connectivity index (χ2n) is 8.82. The Morgan fingerprint density at radius 2 is 1.74 bits per heavy atom. The highest BCUT2D eigenvalue weighted by atomic mass is 16.6. The van der Waals surface area contributed by atoms with Crippen molar-refractivity contribution in [3.05, 3.63) is 48.0 Å². The van der Waals surface area contributed by atoms with E-state index in [4.69, 9.17) is 24.9 Å². The molecule has 2 aromatic carbocycles. The van der Waals surface area contributed by atoms with Crippen molar-refractivity contribution >= 4 is 28.8 Å². The van der Waals surface area contributed by atoms with Gasteiger partial charge in [0.15, 0.2) is 11.5 Å². The van der Waals surface area contributed by atoms with Crippen molar-refractivity contribution in [1.29, 1.82) is 0 Å². The van der Waals surface area contributed by atoms with Crippen LogP contribution in [0.2, 0.25) is 0 Å². The van der Waals surface area contributed by atoms with Crippen LogP contribution in [-0.4, -0.2) is 68.5 Å². The molecule has 0 unspecified atom stereocenters. The van der Waals surface area contributed by atoms with Crippen LogP contribution in [0.1, 0.15) is 25.3 Å². The van der Waals surface area contributed by atoms with Crippen LogP contribution >= 0.6 is 0 Å². The number of carbonyl (C=O) groups is 1. The summed E-state index contributed by atoms with van der Waals surface area (Å²) in [7, 11) is 5.15. The smallest absolute Gasteiger partial charge is 0.409 e. The number of methoxy groups -OCH3 is 2. The van der Waals surface area contributed by atoms with Gasteiger partial charge in [0, 0.05) is 43.5 Å². The van der Waals surface area contributed by atoms with E-state index in [1.165, 1.54) is 5.56 Å². The third kappa shape index (κ3) is 4.89. The number of nitrogen functional groups attached to an aromatic ring is 1. The lowest BCUT2D eigenvalue weighted by Crippen LogP contribution is -2.50. The first-order chi connectivity index (χ1) is 16.9. The summed E-state index contributed by atoms with van der Waals surface area (Å²) < 4.78 is 16.1. The summed E-state index contributed by atoms with van der Waals surface area (Å²) in [5, 5.41) is 0.709. The van der Waals surface area contributed by atoms with E-state index in [-0.39, 0.29) is 11.5 Å². The highest BCUT2D eigenvalue weighted by Crippen LogP contribution is 2.38. The lowest BCUT2D eigenvalue weighted by atomic mass is 9.72. The molecule has 9 heteroatoms. The van der Waals surface area contributed by atoms with Gasteiger partial charge in [-0.3, -0.25) is 0 Å². The maximum absolute atomic E-state index is 12.3. The highest BCUT2D eigenvalue weighted by molar-refractivity contribution is 5.91. The van der Waals surface area contributed by atoms with Crippen LogP contribution in [-0.2, 0) is 10.2 Å². The number of benzene rings is 2. The number of amides is 1. The number of hydrogen-bond donors (Lipinski definition) is 1. The van der Waals surface area contributed by atoms with Gasteiger partial charge in [-0.2, -0.15) is 4.98 Å². The Kier molecular flexibility index (Phi) is 7.14. The molecule has 1 aliphatic rings. The first-order valence-corrected chi connectivity index (χ1v) is 11.8. The van der Waals surface area contributed by atoms with Crippen molar-refractivity contribution in [3.63, 3.8) is 0 Å². The summed E-state index contributed by atoms with van der Waals surface area (Å²) >= 11 is 0. The Hall–Kier alpha value is -3.75. The minimum atomic E-state index is -0.252. The van der Waals surface area contributed by atoms with Crippen molar-refractivity contribution in [1.82, 2.24) is 14.9 Å². The quantitative estimate of drug-likeness (QED) is 0.545. The van der Waals surface area contributed by atoms with E-state index in [1.54, 1.807) is 25.2 Å². The standard InChI is InChI=1S/C26H33N5O4/c1-5-35-25(32)31-13-11-26(12-14-31,18-9-7-6-8-10-18)17-30(2)24-28-20-16-22(34-4)21(33-3)15-19(20)23(27)29-24/h6-10,15-16H,5,11-14,17H2,1-4H3,(H2,27,28,29). The number of nitrogens with zero attached hydrogens (tertiary/aromatic N) is 4. The Labute approximate surface area is 205 Å². The summed E-state index contributed by atoms with van der Waals surface area (Å²) in [6.45, 7) is 4.12. The van der Waals surface area contributed by atoms with Gasteiger partial charge in [-0.25, -0.2) is 9.78 Å². The fourth-order valence-corrected chi connectivity index (χ4v) is 4.82. The van der Waals surface area contributed by atoms with Crippen LogP contribution in [0.5, 0.6) is 11.5 Å². The van der Waals surface area contributed by atoms with Gasteiger partial charge in [-0.05, 0) is 31.4 Å². The molecule has 0 bridgehead atoms. The number of piperidine rings is 1. The summed E-state index contributed by atoms with van der Waals surface area (Å²) in [5.74, 6) is 2.07. The molecule has 1 aliphatic heterocycles. The van der Waals surface area contributed by atoms with Crippen LogP contribution in [0, 0.1) is 0 Å². The lowest BCUT2D eigenvalue weighted by Gasteiger charge is -2.43. The molecule has 0 aliphatic carbocycles. The monoisotopic (exact) mass is 479 g/mol. The topological polar surface area (TPSA) is 103 Å². The second kappa shape index (κ2) is 10.2. The van der Waals surface area contributed by atoms with Gasteiger partial charge in [0.2, 0.25) is 5.95 Å². The van der Waals surface area contributed by atoms with E-state index >= 15 is 0 Å². The number of likely N-dealkylation sites (tertiary alicyclic amines) is 1. The SMILES string of the molecule is CCOC(=O)N1CCC(CN(C)c2nc(N)c3cc(OC)c(OC)cc3n2)(c2ccccc2)CC1. The number of carbonyl (C=O) groups excluding carboxylic acids is 1. The number of anilines is 2. The molecule has 4 rings (SSSR count). The van der Waals surface area contributed by atoms with Gasteiger partial charge < -0.3 is 29.7 Å². The van der Waals surface area contributed by atoms with Gasteiger partial charge in [0.25, 0.3) is 0 Å². The first kappa shape index (κ1) is 24.4. The average molecular weight is 480 g/mol. The summed E-state index contributed by atoms with van der Waals surface area (Å²) in [6, 6.07) is 14.0. The fourth-order valence-electron chi connectivity index (χ4n) is 4.82. The number of fused-ring (bicyclic) bond motifs is 1. The Bertz CT molecular complexity index is 1180. The van der Waals surface area contributed by atoms with Crippen LogP contribution in [0.4, 0.5) is 16.6 Å². The average Bonchev–Trinajstić information content (AvgIpc) is 2.88. The van der Waals surface area contributed by atoms with E-state index in [9.17, 15) is 4.79 Å². The first-order valence-electron chi connectivity index (χ1n) is 11.8. The Morgan fingerprint density at radius 1 is 1.09 bits per heavy atom. The van der Waals surface area contributed by atoms with E-state index in [2.05, 4.69) is 29.2 Å². The van der Waals surface area contributed by atoms with Crippen molar-refractivity contribution in [2.45, 2.75) is 25.2 Å². The molecule has 0 atom stereocenters. The van der Waals surface area contributed by atoms with Crippen molar-refractivity contribution in [2.75, 3.05) is 58.1 Å². The predicted octanol–water partition coefficient (Wildman–Crippen LogP) is 3.86. The summed E-state index contributed by atoms with van der Waals surface area (Å²) in [4.78, 5) is 25.5. The van der Waals surface area contributed by atoms with E-state index < -0.39 is 0 Å². The number of ether oxygens (including phenoxy) is 3. The maximum atomic E-state index is 12.3. The van der Waals surface area contributed by atoms with Gasteiger partial charge in [0.05, 0.1) is 26.3 Å². The highest BCUT2D eigenvalue weighted by Gasteiger charge is 2.39. The number of likely N-dealkylation sites (N-methyl/N-ethyl adjacent to an activating group) is 1. The molecule has 0 saturated carbocycles. The minimum Gasteiger partial charge on any atom is -0.493 e. The molecule has 0 radical (unpaired) electrons. The summed E-state index contributed by atoms with van der Waals surface area (Å²) in [5.41, 5.74) is 8.07. The minimum absolute atomic E-state index is 0.177. The molecular formula is C26H33N5O4. The van der Waals surface area contributed by atoms with Crippen molar-refractivity contribution < 1.29 is 19.0 Å². The number of rotatable bonds is 7. The zero-order valence-electron chi connectivity index (χ0n) is 20.8. The second-order valence-corrected chi connectivity index (χ2v) is 8.82. The van der Waals surface area contributed by atoms with E-state index in [0.717, 1.165) is 12.8 Å². The molecule has 1 aromatic heterocycles. The van der Waals surface area contributed by atoms with E-state index in [0.29, 0.717) is 60.4 Å². The molecule has 1 saturated heterocycles. The molecule has 9 nitrogen and oxygen atoms in total. The molecule has 0 spiro atoms. The predicted molar refractivity (Wildman–Crippen MR) is 136 cm³/mol. The lowest BCUT2D eigenvalue weighted by molar-refractivity contribution is 0.0869. The van der Waals surface area contributed by atoms with Crippen molar-refractivity contribution in [2.24, 2.45) is 0 Å². The van der Waals surface area contributed by atoms with Crippen LogP contribution < -0.4 is 20.1 Å². The number of nitrogens with two attached hydrogens (primary N) is 1. The molecule has 3 aromatic rings. The van der Waals surface area contributed by atoms with E-state index in [1.807, 2.05) is 31.0 Å². The van der Waals surface area contributed by atoms with Crippen LogP contribution in [0.25, 0.3) is 10.9 Å². The molecule has 35 heavy (non-hydrogen) atoms. The maximum Gasteiger partial charge on any atom is 0.409 e. The zero-order chi connectivity index (χ0) is 25.0. The number of hydrogen-bond acceptors (Lipinski definition) is 8. The molecule has 1 amide bonds. The molecular weight excluding hydrogens is 446 g/mol. The third-order valence-corrected chi connectivity index (χ3v) is 6.73. The van der Waals surface area contributed by atoms with Crippen LogP contribution in [0.15, 0.2) is 42.5 Å². The van der Waals surface area contributed by atoms with Gasteiger partial charge >= 0.3 is 6.09 Å². The zero-order valence-corrected chi connectivity index (χ0v) is 20.8.